The summed E-state index contributed by atoms with van der Waals surface area (Å²) in [5.74, 6) is 1.61. The lowest BCUT2D eigenvalue weighted by molar-refractivity contribution is -0.133. The van der Waals surface area contributed by atoms with Gasteiger partial charge in [-0.25, -0.2) is 4.79 Å². The predicted molar refractivity (Wildman–Crippen MR) is 105 cm³/mol. The van der Waals surface area contributed by atoms with Crippen LogP contribution in [0.5, 0.6) is 0 Å². The van der Waals surface area contributed by atoms with Crippen LogP contribution in [0.3, 0.4) is 0 Å². The van der Waals surface area contributed by atoms with E-state index in [-0.39, 0.29) is 47.1 Å². The molecule has 2 saturated heterocycles. The molecule has 2 fully saturated rings. The number of rotatable bonds is 4. The maximum Gasteiger partial charge on any atom is 0.345 e. The van der Waals surface area contributed by atoms with Crippen molar-refractivity contribution in [3.8, 4) is 0 Å². The van der Waals surface area contributed by atoms with Crippen molar-refractivity contribution < 1.29 is 29.2 Å². The zero-order valence-corrected chi connectivity index (χ0v) is 17.4. The van der Waals surface area contributed by atoms with Crippen LogP contribution in [-0.4, -0.2) is 59.5 Å². The first kappa shape index (κ1) is 20.4. The first-order valence-corrected chi connectivity index (χ1v) is 10.7. The second-order valence-electron chi connectivity index (χ2n) is 8.34. The fourth-order valence-electron chi connectivity index (χ4n) is 5.47. The molecule has 0 spiro atoms. The van der Waals surface area contributed by atoms with E-state index in [2.05, 4.69) is 17.9 Å². The zero-order chi connectivity index (χ0) is 20.7. The summed E-state index contributed by atoms with van der Waals surface area (Å²) in [7, 11) is 1.46. The van der Waals surface area contributed by atoms with Gasteiger partial charge in [0, 0.05) is 30.5 Å². The Morgan fingerprint density at radius 2 is 2.14 bits per heavy atom. The molecule has 4 aliphatic rings. The van der Waals surface area contributed by atoms with Crippen LogP contribution >= 0.6 is 0 Å². The van der Waals surface area contributed by atoms with Gasteiger partial charge in [0.05, 0.1) is 19.8 Å². The zero-order valence-electron chi connectivity index (χ0n) is 17.4. The van der Waals surface area contributed by atoms with Gasteiger partial charge in [0.25, 0.3) is 0 Å². The SMILES string of the molecule is CCC(O)C1CCCC2C3C(=CCCN12)OC(=C1OC(=O)C(CO)=C1OC)C3C. The van der Waals surface area contributed by atoms with E-state index in [1.165, 1.54) is 7.11 Å². The lowest BCUT2D eigenvalue weighted by Crippen LogP contribution is -2.54. The molecule has 4 heterocycles. The molecule has 0 radical (unpaired) electrons. The minimum absolute atomic E-state index is 0.00429. The number of ether oxygens (including phenoxy) is 3. The molecule has 0 aliphatic carbocycles. The molecule has 160 valence electrons. The first-order valence-electron chi connectivity index (χ1n) is 10.7. The predicted octanol–water partition coefficient (Wildman–Crippen LogP) is 2.21. The van der Waals surface area contributed by atoms with E-state index in [0.29, 0.717) is 5.76 Å². The highest BCUT2D eigenvalue weighted by Gasteiger charge is 2.49. The number of carbonyl (C=O) groups is 1. The summed E-state index contributed by atoms with van der Waals surface area (Å²) in [5.41, 5.74) is 0.122. The molecule has 5 unspecified atom stereocenters. The van der Waals surface area contributed by atoms with Crippen LogP contribution in [0.2, 0.25) is 0 Å². The summed E-state index contributed by atoms with van der Waals surface area (Å²) >= 11 is 0. The maximum atomic E-state index is 12.1. The fourth-order valence-corrected chi connectivity index (χ4v) is 5.47. The molecule has 29 heavy (non-hydrogen) atoms. The van der Waals surface area contributed by atoms with E-state index in [0.717, 1.165) is 44.4 Å². The fraction of sp³-hybridized carbons (Fsp3) is 0.682. The molecular formula is C22H31NO6. The number of aliphatic hydroxyl groups is 2. The van der Waals surface area contributed by atoms with E-state index >= 15 is 0 Å². The highest BCUT2D eigenvalue weighted by molar-refractivity contribution is 5.94. The molecular weight excluding hydrogens is 374 g/mol. The van der Waals surface area contributed by atoms with E-state index < -0.39 is 12.6 Å². The highest BCUT2D eigenvalue weighted by atomic mass is 16.6. The minimum Gasteiger partial charge on any atom is -0.492 e. The third-order valence-electron chi connectivity index (χ3n) is 6.88. The van der Waals surface area contributed by atoms with Gasteiger partial charge in [-0.2, -0.15) is 0 Å². The number of fused-ring (bicyclic) bond motifs is 3. The van der Waals surface area contributed by atoms with E-state index in [1.54, 1.807) is 0 Å². The largest absolute Gasteiger partial charge is 0.492 e. The van der Waals surface area contributed by atoms with Gasteiger partial charge in [-0.1, -0.05) is 20.3 Å². The number of aliphatic hydroxyl groups excluding tert-OH is 2. The van der Waals surface area contributed by atoms with Crippen LogP contribution in [-0.2, 0) is 19.0 Å². The normalized spacial score (nSPS) is 36.0. The Morgan fingerprint density at radius 1 is 1.34 bits per heavy atom. The molecule has 4 rings (SSSR count). The summed E-state index contributed by atoms with van der Waals surface area (Å²) in [6.07, 6.45) is 6.59. The van der Waals surface area contributed by atoms with Gasteiger partial charge in [-0.05, 0) is 31.8 Å². The third-order valence-corrected chi connectivity index (χ3v) is 6.88. The number of piperidine rings is 1. The summed E-state index contributed by atoms with van der Waals surface area (Å²) in [4.78, 5) is 14.6. The Morgan fingerprint density at radius 3 is 2.83 bits per heavy atom. The van der Waals surface area contributed by atoms with E-state index in [9.17, 15) is 15.0 Å². The summed E-state index contributed by atoms with van der Waals surface area (Å²) < 4.78 is 17.1. The van der Waals surface area contributed by atoms with Crippen molar-refractivity contribution in [2.75, 3.05) is 20.3 Å². The number of methoxy groups -OCH3 is 1. The number of esters is 1. The quantitative estimate of drug-likeness (QED) is 0.693. The number of cyclic esters (lactones) is 1. The Hall–Kier alpha value is -1.83. The van der Waals surface area contributed by atoms with Crippen LogP contribution in [0.4, 0.5) is 0 Å². The number of nitrogens with zero attached hydrogens (tertiary/aromatic N) is 1. The van der Waals surface area contributed by atoms with Crippen LogP contribution in [0, 0.1) is 11.8 Å². The standard InChI is InChI=1S/C22H31NO6/c1-4-16(25)14-7-5-8-15-18-12(2)19(28-17(18)9-6-10-23(14)15)21-20(27-3)13(11-24)22(26)29-21/h9,12,14-16,18,24-25H,4-8,10-11H2,1-3H3. The molecule has 7 nitrogen and oxygen atoms in total. The topological polar surface area (TPSA) is 88.5 Å². The lowest BCUT2D eigenvalue weighted by Gasteiger charge is -2.46. The monoisotopic (exact) mass is 405 g/mol. The van der Waals surface area contributed by atoms with Gasteiger partial charge < -0.3 is 24.4 Å². The minimum atomic E-state index is -0.589. The summed E-state index contributed by atoms with van der Waals surface area (Å²) in [6, 6.07) is 0.455. The number of hydrogen-bond acceptors (Lipinski definition) is 7. The summed E-state index contributed by atoms with van der Waals surface area (Å²) in [5, 5.41) is 20.1. The second-order valence-corrected chi connectivity index (χ2v) is 8.34. The van der Waals surface area contributed by atoms with Crippen LogP contribution in [0.15, 0.2) is 34.7 Å². The van der Waals surface area contributed by atoms with Crippen molar-refractivity contribution in [2.24, 2.45) is 11.8 Å². The molecule has 0 saturated carbocycles. The molecule has 5 atom stereocenters. The average Bonchev–Trinajstić information content (AvgIpc) is 3.15. The number of hydrogen-bond donors (Lipinski definition) is 2. The van der Waals surface area contributed by atoms with Gasteiger partial charge >= 0.3 is 5.97 Å². The van der Waals surface area contributed by atoms with Crippen LogP contribution in [0.25, 0.3) is 0 Å². The van der Waals surface area contributed by atoms with Gasteiger partial charge in [0.15, 0.2) is 11.5 Å². The maximum absolute atomic E-state index is 12.1. The van der Waals surface area contributed by atoms with Gasteiger partial charge in [0.2, 0.25) is 5.76 Å². The Kier molecular flexibility index (Phi) is 5.73. The van der Waals surface area contributed by atoms with Crippen molar-refractivity contribution in [1.29, 1.82) is 0 Å². The van der Waals surface area contributed by atoms with Crippen molar-refractivity contribution in [2.45, 2.75) is 64.1 Å². The Balaban J connectivity index is 1.70. The molecule has 0 aromatic heterocycles. The second kappa shape index (κ2) is 8.13. The lowest BCUT2D eigenvalue weighted by atomic mass is 9.79. The van der Waals surface area contributed by atoms with Gasteiger partial charge in [0.1, 0.15) is 11.3 Å². The van der Waals surface area contributed by atoms with Crippen LogP contribution < -0.4 is 0 Å². The molecule has 0 amide bonds. The Labute approximate surface area is 171 Å². The molecule has 0 bridgehead atoms. The molecule has 0 aromatic rings. The van der Waals surface area contributed by atoms with Crippen molar-refractivity contribution >= 4 is 5.97 Å². The number of carbonyl (C=O) groups excluding carboxylic acids is 1. The Bertz CT molecular complexity index is 769. The third kappa shape index (κ3) is 3.29. The first-order chi connectivity index (χ1) is 14.0. The van der Waals surface area contributed by atoms with Gasteiger partial charge in [-0.3, -0.25) is 4.90 Å². The van der Waals surface area contributed by atoms with E-state index in [1.807, 2.05) is 6.92 Å². The van der Waals surface area contributed by atoms with Gasteiger partial charge in [-0.15, -0.1) is 0 Å². The molecule has 2 N–H and O–H groups in total. The smallest absolute Gasteiger partial charge is 0.345 e. The van der Waals surface area contributed by atoms with Crippen molar-refractivity contribution in [1.82, 2.24) is 4.90 Å². The summed E-state index contributed by atoms with van der Waals surface area (Å²) in [6.45, 7) is 4.61. The number of allylic oxidation sites excluding steroid dienone is 1. The van der Waals surface area contributed by atoms with E-state index in [4.69, 9.17) is 14.2 Å². The van der Waals surface area contributed by atoms with Crippen molar-refractivity contribution in [3.05, 3.63) is 34.7 Å². The average molecular weight is 405 g/mol. The molecule has 0 aromatic carbocycles. The highest BCUT2D eigenvalue weighted by Crippen LogP contribution is 2.49. The van der Waals surface area contributed by atoms with Crippen LogP contribution in [0.1, 0.15) is 46.0 Å². The van der Waals surface area contributed by atoms with Crippen molar-refractivity contribution in [3.63, 3.8) is 0 Å². The molecule has 7 heteroatoms. The molecule has 4 aliphatic heterocycles.